The molecular formula is C15H14INO3. The smallest absolute Gasteiger partial charge is 0.196 e. The maximum Gasteiger partial charge on any atom is 0.196 e. The third-order valence-electron chi connectivity index (χ3n) is 2.90. The van der Waals surface area contributed by atoms with Gasteiger partial charge < -0.3 is 15.2 Å². The molecule has 0 aliphatic carbocycles. The second-order valence-electron chi connectivity index (χ2n) is 4.13. The predicted octanol–water partition coefficient (Wildman–Crippen LogP) is 3.12. The summed E-state index contributed by atoms with van der Waals surface area (Å²) in [6.07, 6.45) is 0. The third-order valence-corrected chi connectivity index (χ3v) is 3.57. The highest BCUT2D eigenvalue weighted by Gasteiger charge is 2.16. The lowest BCUT2D eigenvalue weighted by Gasteiger charge is -2.10. The van der Waals surface area contributed by atoms with Crippen LogP contribution in [0.15, 0.2) is 36.4 Å². The topological polar surface area (TPSA) is 61.5 Å². The van der Waals surface area contributed by atoms with Gasteiger partial charge in [-0.1, -0.05) is 0 Å². The van der Waals surface area contributed by atoms with Crippen molar-refractivity contribution < 1.29 is 14.3 Å². The molecule has 0 aromatic heterocycles. The molecule has 4 nitrogen and oxygen atoms in total. The Balaban J connectivity index is 2.48. The van der Waals surface area contributed by atoms with E-state index in [1.54, 1.807) is 37.4 Å². The molecule has 2 N–H and O–H groups in total. The molecule has 0 spiro atoms. The lowest BCUT2D eigenvalue weighted by atomic mass is 10.0. The van der Waals surface area contributed by atoms with E-state index in [2.05, 4.69) is 22.6 Å². The highest BCUT2D eigenvalue weighted by Crippen LogP contribution is 2.27. The third kappa shape index (κ3) is 2.87. The molecule has 0 atom stereocenters. The van der Waals surface area contributed by atoms with Gasteiger partial charge in [0.25, 0.3) is 0 Å². The fourth-order valence-corrected chi connectivity index (χ4v) is 2.36. The van der Waals surface area contributed by atoms with Crippen molar-refractivity contribution in [1.29, 1.82) is 0 Å². The molecule has 0 amide bonds. The molecule has 2 rings (SSSR count). The molecule has 0 saturated heterocycles. The summed E-state index contributed by atoms with van der Waals surface area (Å²) in [5.74, 6) is 0.908. The number of ketones is 1. The van der Waals surface area contributed by atoms with Crippen molar-refractivity contribution in [2.45, 2.75) is 0 Å². The van der Waals surface area contributed by atoms with Gasteiger partial charge in [0.05, 0.1) is 25.5 Å². The normalized spacial score (nSPS) is 10.2. The van der Waals surface area contributed by atoms with Crippen LogP contribution in [0.5, 0.6) is 11.5 Å². The SMILES string of the molecule is COc1cc(C(=O)c2cc(I)ccc2OC)ccc1N. The standard InChI is InChI=1S/C15H14INO3/c1-19-13-6-4-10(16)8-11(13)15(18)9-3-5-12(17)14(7-9)20-2/h3-8H,17H2,1-2H3. The Hall–Kier alpha value is -1.76. The monoisotopic (exact) mass is 383 g/mol. The number of ether oxygens (including phenoxy) is 2. The molecule has 0 unspecified atom stereocenters. The Kier molecular flexibility index (Phi) is 4.49. The van der Waals surface area contributed by atoms with E-state index in [-0.39, 0.29) is 5.78 Å². The van der Waals surface area contributed by atoms with Crippen molar-refractivity contribution in [3.05, 3.63) is 51.1 Å². The van der Waals surface area contributed by atoms with Crippen LogP contribution < -0.4 is 15.2 Å². The molecule has 20 heavy (non-hydrogen) atoms. The highest BCUT2D eigenvalue weighted by molar-refractivity contribution is 14.1. The van der Waals surface area contributed by atoms with Crippen LogP contribution in [-0.4, -0.2) is 20.0 Å². The van der Waals surface area contributed by atoms with E-state index in [0.717, 1.165) is 3.57 Å². The van der Waals surface area contributed by atoms with Crippen molar-refractivity contribution in [1.82, 2.24) is 0 Å². The van der Waals surface area contributed by atoms with Gasteiger partial charge in [-0.15, -0.1) is 0 Å². The lowest BCUT2D eigenvalue weighted by Crippen LogP contribution is -2.05. The van der Waals surface area contributed by atoms with Crippen LogP contribution in [0.25, 0.3) is 0 Å². The summed E-state index contributed by atoms with van der Waals surface area (Å²) in [6.45, 7) is 0. The molecule has 0 saturated carbocycles. The molecular weight excluding hydrogens is 369 g/mol. The predicted molar refractivity (Wildman–Crippen MR) is 86.5 cm³/mol. The van der Waals surface area contributed by atoms with Gasteiger partial charge in [-0.25, -0.2) is 0 Å². The van der Waals surface area contributed by atoms with Crippen molar-refractivity contribution >= 4 is 34.1 Å². The minimum Gasteiger partial charge on any atom is -0.496 e. The van der Waals surface area contributed by atoms with Gasteiger partial charge in [0, 0.05) is 9.13 Å². The fraction of sp³-hybridized carbons (Fsp3) is 0.133. The Bertz CT molecular complexity index is 656. The van der Waals surface area contributed by atoms with Gasteiger partial charge in [-0.05, 0) is 59.0 Å². The van der Waals surface area contributed by atoms with Crippen molar-refractivity contribution in [3.63, 3.8) is 0 Å². The van der Waals surface area contributed by atoms with Gasteiger partial charge in [0.2, 0.25) is 0 Å². The Morgan fingerprint density at radius 3 is 2.40 bits per heavy atom. The minimum absolute atomic E-state index is 0.126. The first-order chi connectivity index (χ1) is 9.56. The second kappa shape index (κ2) is 6.13. The number of carbonyl (C=O) groups is 1. The van der Waals surface area contributed by atoms with Gasteiger partial charge in [0.15, 0.2) is 5.78 Å². The zero-order chi connectivity index (χ0) is 14.7. The average Bonchev–Trinajstić information content (AvgIpc) is 2.47. The fourth-order valence-electron chi connectivity index (χ4n) is 1.87. The minimum atomic E-state index is -0.126. The summed E-state index contributed by atoms with van der Waals surface area (Å²) in [5.41, 5.74) is 7.29. The van der Waals surface area contributed by atoms with Crippen LogP contribution in [0.1, 0.15) is 15.9 Å². The van der Waals surface area contributed by atoms with Crippen LogP contribution >= 0.6 is 22.6 Å². The highest BCUT2D eigenvalue weighted by atomic mass is 127. The lowest BCUT2D eigenvalue weighted by molar-refractivity contribution is 0.103. The first-order valence-corrected chi connectivity index (χ1v) is 6.96. The quantitative estimate of drug-likeness (QED) is 0.501. The molecule has 0 heterocycles. The number of halogens is 1. The first-order valence-electron chi connectivity index (χ1n) is 5.88. The van der Waals surface area contributed by atoms with E-state index >= 15 is 0 Å². The zero-order valence-electron chi connectivity index (χ0n) is 11.1. The Morgan fingerprint density at radius 2 is 1.75 bits per heavy atom. The molecule has 104 valence electrons. The van der Waals surface area contributed by atoms with E-state index in [4.69, 9.17) is 15.2 Å². The van der Waals surface area contributed by atoms with E-state index in [1.807, 2.05) is 6.07 Å². The van der Waals surface area contributed by atoms with E-state index in [1.165, 1.54) is 7.11 Å². The largest absolute Gasteiger partial charge is 0.496 e. The summed E-state index contributed by atoms with van der Waals surface area (Å²) >= 11 is 2.16. The van der Waals surface area contributed by atoms with Crippen molar-refractivity contribution in [2.24, 2.45) is 0 Å². The molecule has 0 bridgehead atoms. The number of hydrogen-bond acceptors (Lipinski definition) is 4. The second-order valence-corrected chi connectivity index (χ2v) is 5.38. The number of rotatable bonds is 4. The van der Waals surface area contributed by atoms with Crippen LogP contribution in [0, 0.1) is 3.57 Å². The number of nitrogen functional groups attached to an aromatic ring is 1. The summed E-state index contributed by atoms with van der Waals surface area (Å²) in [7, 11) is 3.06. The first kappa shape index (κ1) is 14.6. The maximum atomic E-state index is 12.6. The van der Waals surface area contributed by atoms with Gasteiger partial charge in [-0.3, -0.25) is 4.79 Å². The maximum absolute atomic E-state index is 12.6. The Morgan fingerprint density at radius 1 is 1.05 bits per heavy atom. The number of benzene rings is 2. The summed E-state index contributed by atoms with van der Waals surface area (Å²) in [4.78, 5) is 12.6. The number of carbonyl (C=O) groups excluding carboxylic acids is 1. The molecule has 0 fully saturated rings. The molecule has 2 aromatic carbocycles. The van der Waals surface area contributed by atoms with Crippen LogP contribution in [0.2, 0.25) is 0 Å². The summed E-state index contributed by atoms with van der Waals surface area (Å²) in [5, 5.41) is 0. The van der Waals surface area contributed by atoms with Crippen molar-refractivity contribution in [3.8, 4) is 11.5 Å². The number of anilines is 1. The number of hydrogen-bond donors (Lipinski definition) is 1. The van der Waals surface area contributed by atoms with Crippen LogP contribution in [-0.2, 0) is 0 Å². The molecule has 5 heteroatoms. The molecule has 0 radical (unpaired) electrons. The molecule has 0 aliphatic heterocycles. The van der Waals surface area contributed by atoms with E-state index in [0.29, 0.717) is 28.3 Å². The van der Waals surface area contributed by atoms with E-state index < -0.39 is 0 Å². The Labute approximate surface area is 131 Å². The summed E-state index contributed by atoms with van der Waals surface area (Å²) < 4.78 is 11.4. The molecule has 2 aromatic rings. The average molecular weight is 383 g/mol. The van der Waals surface area contributed by atoms with Crippen LogP contribution in [0.3, 0.4) is 0 Å². The zero-order valence-corrected chi connectivity index (χ0v) is 13.3. The van der Waals surface area contributed by atoms with Gasteiger partial charge in [-0.2, -0.15) is 0 Å². The molecule has 0 aliphatic rings. The van der Waals surface area contributed by atoms with Crippen LogP contribution in [0.4, 0.5) is 5.69 Å². The number of methoxy groups -OCH3 is 2. The summed E-state index contributed by atoms with van der Waals surface area (Å²) in [6, 6.07) is 10.4. The van der Waals surface area contributed by atoms with Gasteiger partial charge >= 0.3 is 0 Å². The van der Waals surface area contributed by atoms with E-state index in [9.17, 15) is 4.79 Å². The van der Waals surface area contributed by atoms with Gasteiger partial charge in [0.1, 0.15) is 11.5 Å². The van der Waals surface area contributed by atoms with Crippen molar-refractivity contribution in [2.75, 3.05) is 20.0 Å². The number of nitrogens with two attached hydrogens (primary N) is 1.